The van der Waals surface area contributed by atoms with Gasteiger partial charge in [0.2, 0.25) is 5.91 Å². The molecular formula is C10H20N2O2. The summed E-state index contributed by atoms with van der Waals surface area (Å²) in [7, 11) is 1.69. The van der Waals surface area contributed by atoms with Crippen LogP contribution in [0.4, 0.5) is 0 Å². The van der Waals surface area contributed by atoms with Crippen molar-refractivity contribution < 1.29 is 9.53 Å². The maximum Gasteiger partial charge on any atom is 0.223 e. The molecule has 0 aromatic rings. The monoisotopic (exact) mass is 200 g/mol. The molecule has 82 valence electrons. The number of ether oxygens (including phenoxy) is 1. The Morgan fingerprint density at radius 1 is 1.50 bits per heavy atom. The molecule has 0 radical (unpaired) electrons. The maximum atomic E-state index is 11.2. The largest absolute Gasteiger partial charge is 0.383 e. The highest BCUT2D eigenvalue weighted by Gasteiger charge is 2.28. The number of carbonyl (C=O) groups excluding carboxylic acids is 1. The second-order valence-electron chi connectivity index (χ2n) is 3.88. The fourth-order valence-electron chi connectivity index (χ4n) is 1.30. The summed E-state index contributed by atoms with van der Waals surface area (Å²) in [6.07, 6.45) is 2.14. The van der Waals surface area contributed by atoms with Gasteiger partial charge in [-0.05, 0) is 19.8 Å². The third kappa shape index (κ3) is 4.58. The molecule has 1 aliphatic rings. The Morgan fingerprint density at radius 2 is 2.21 bits per heavy atom. The van der Waals surface area contributed by atoms with Crippen LogP contribution in [0.25, 0.3) is 0 Å². The van der Waals surface area contributed by atoms with Crippen molar-refractivity contribution in [2.24, 2.45) is 5.92 Å². The zero-order valence-electron chi connectivity index (χ0n) is 9.01. The van der Waals surface area contributed by atoms with Gasteiger partial charge in [0.1, 0.15) is 0 Å². The van der Waals surface area contributed by atoms with Gasteiger partial charge in [-0.1, -0.05) is 0 Å². The molecule has 0 spiro atoms. The van der Waals surface area contributed by atoms with Gasteiger partial charge in [0, 0.05) is 32.2 Å². The summed E-state index contributed by atoms with van der Waals surface area (Å²) in [6, 6.07) is 0.345. The Bertz CT molecular complexity index is 181. The molecule has 1 saturated carbocycles. The van der Waals surface area contributed by atoms with Crippen LogP contribution < -0.4 is 10.6 Å². The van der Waals surface area contributed by atoms with Crippen molar-refractivity contribution in [1.29, 1.82) is 0 Å². The molecule has 1 amide bonds. The first-order valence-electron chi connectivity index (χ1n) is 5.24. The third-order valence-electron chi connectivity index (χ3n) is 2.28. The van der Waals surface area contributed by atoms with Crippen LogP contribution in [0.2, 0.25) is 0 Å². The summed E-state index contributed by atoms with van der Waals surface area (Å²) in [6.45, 7) is 4.29. The molecule has 0 saturated heterocycles. The zero-order chi connectivity index (χ0) is 10.4. The van der Waals surface area contributed by atoms with Crippen molar-refractivity contribution in [3.63, 3.8) is 0 Å². The summed E-state index contributed by atoms with van der Waals surface area (Å²) in [5.41, 5.74) is 0. The van der Waals surface area contributed by atoms with Crippen LogP contribution >= 0.6 is 0 Å². The average Bonchev–Trinajstić information content (AvgIpc) is 2.95. The van der Waals surface area contributed by atoms with E-state index in [9.17, 15) is 4.79 Å². The second kappa shape index (κ2) is 5.98. The number of hydrogen-bond donors (Lipinski definition) is 2. The SMILES string of the molecule is COC[C@@H](C)NCCNC(=O)C1CC1. The number of rotatable bonds is 7. The number of methoxy groups -OCH3 is 1. The fraction of sp³-hybridized carbons (Fsp3) is 0.900. The van der Waals surface area contributed by atoms with Crippen molar-refractivity contribution in [2.45, 2.75) is 25.8 Å². The minimum Gasteiger partial charge on any atom is -0.383 e. The normalized spacial score (nSPS) is 17.9. The van der Waals surface area contributed by atoms with Crippen LogP contribution in [0.1, 0.15) is 19.8 Å². The molecule has 0 unspecified atom stereocenters. The van der Waals surface area contributed by atoms with Crippen molar-refractivity contribution in [1.82, 2.24) is 10.6 Å². The molecule has 0 aromatic heterocycles. The lowest BCUT2D eigenvalue weighted by atomic mass is 10.3. The first-order chi connectivity index (χ1) is 6.74. The fourth-order valence-corrected chi connectivity index (χ4v) is 1.30. The summed E-state index contributed by atoms with van der Waals surface area (Å²) in [5.74, 6) is 0.526. The van der Waals surface area contributed by atoms with Crippen LogP contribution in [0.3, 0.4) is 0 Å². The molecule has 0 aromatic carbocycles. The predicted molar refractivity (Wildman–Crippen MR) is 55.1 cm³/mol. The van der Waals surface area contributed by atoms with Gasteiger partial charge in [0.05, 0.1) is 6.61 Å². The van der Waals surface area contributed by atoms with Crippen LogP contribution in [0.15, 0.2) is 0 Å². The van der Waals surface area contributed by atoms with Gasteiger partial charge in [-0.15, -0.1) is 0 Å². The molecule has 14 heavy (non-hydrogen) atoms. The van der Waals surface area contributed by atoms with Crippen molar-refractivity contribution in [3.05, 3.63) is 0 Å². The molecular weight excluding hydrogens is 180 g/mol. The van der Waals surface area contributed by atoms with Gasteiger partial charge in [-0.2, -0.15) is 0 Å². The Kier molecular flexibility index (Phi) is 4.90. The van der Waals surface area contributed by atoms with E-state index in [0.717, 1.165) is 19.4 Å². The molecule has 2 N–H and O–H groups in total. The summed E-state index contributed by atoms with van der Waals surface area (Å²) in [5, 5.41) is 6.16. The minimum atomic E-state index is 0.214. The summed E-state index contributed by atoms with van der Waals surface area (Å²) >= 11 is 0. The van der Waals surface area contributed by atoms with E-state index >= 15 is 0 Å². The first-order valence-corrected chi connectivity index (χ1v) is 5.24. The molecule has 1 rings (SSSR count). The van der Waals surface area contributed by atoms with Crippen molar-refractivity contribution in [2.75, 3.05) is 26.8 Å². The molecule has 4 nitrogen and oxygen atoms in total. The Morgan fingerprint density at radius 3 is 2.79 bits per heavy atom. The van der Waals surface area contributed by atoms with Crippen LogP contribution in [-0.4, -0.2) is 38.8 Å². The van der Waals surface area contributed by atoms with Gasteiger partial charge in [-0.25, -0.2) is 0 Å². The molecule has 0 aliphatic heterocycles. The Balaban J connectivity index is 1.90. The predicted octanol–water partition coefficient (Wildman–Crippen LogP) is 0.137. The highest BCUT2D eigenvalue weighted by atomic mass is 16.5. The van der Waals surface area contributed by atoms with Crippen molar-refractivity contribution >= 4 is 5.91 Å². The minimum absolute atomic E-state index is 0.214. The van der Waals surface area contributed by atoms with E-state index in [2.05, 4.69) is 17.6 Å². The van der Waals surface area contributed by atoms with E-state index < -0.39 is 0 Å². The lowest BCUT2D eigenvalue weighted by Gasteiger charge is -2.12. The molecule has 1 atom stereocenters. The molecule has 0 bridgehead atoms. The Hall–Kier alpha value is -0.610. The van der Waals surface area contributed by atoms with E-state index in [1.807, 2.05) is 0 Å². The summed E-state index contributed by atoms with van der Waals surface area (Å²) in [4.78, 5) is 11.2. The number of hydrogen-bond acceptors (Lipinski definition) is 3. The van der Waals surface area contributed by atoms with Gasteiger partial charge >= 0.3 is 0 Å². The van der Waals surface area contributed by atoms with Gasteiger partial charge < -0.3 is 15.4 Å². The standard InChI is InChI=1S/C10H20N2O2/c1-8(7-14-2)11-5-6-12-10(13)9-3-4-9/h8-9,11H,3-7H2,1-2H3,(H,12,13)/t8-/m1/s1. The van der Waals surface area contributed by atoms with Gasteiger partial charge in [0.25, 0.3) is 0 Å². The van der Waals surface area contributed by atoms with E-state index in [4.69, 9.17) is 4.74 Å². The molecule has 0 heterocycles. The highest BCUT2D eigenvalue weighted by Crippen LogP contribution is 2.28. The topological polar surface area (TPSA) is 50.4 Å². The van der Waals surface area contributed by atoms with Crippen LogP contribution in [-0.2, 0) is 9.53 Å². The first kappa shape index (κ1) is 11.5. The lowest BCUT2D eigenvalue weighted by molar-refractivity contribution is -0.122. The highest BCUT2D eigenvalue weighted by molar-refractivity contribution is 5.80. The lowest BCUT2D eigenvalue weighted by Crippen LogP contribution is -2.38. The molecule has 1 aliphatic carbocycles. The Labute approximate surface area is 85.4 Å². The van der Waals surface area contributed by atoms with Gasteiger partial charge in [-0.3, -0.25) is 4.79 Å². The number of carbonyl (C=O) groups is 1. The molecule has 4 heteroatoms. The number of nitrogens with one attached hydrogen (secondary N) is 2. The van der Waals surface area contributed by atoms with E-state index in [-0.39, 0.29) is 5.91 Å². The van der Waals surface area contributed by atoms with Gasteiger partial charge in [0.15, 0.2) is 0 Å². The van der Waals surface area contributed by atoms with Crippen LogP contribution in [0, 0.1) is 5.92 Å². The second-order valence-corrected chi connectivity index (χ2v) is 3.88. The maximum absolute atomic E-state index is 11.2. The smallest absolute Gasteiger partial charge is 0.223 e. The van der Waals surface area contributed by atoms with Crippen LogP contribution in [0.5, 0.6) is 0 Å². The van der Waals surface area contributed by atoms with E-state index in [0.29, 0.717) is 25.1 Å². The molecule has 1 fully saturated rings. The van der Waals surface area contributed by atoms with E-state index in [1.165, 1.54) is 0 Å². The van der Waals surface area contributed by atoms with E-state index in [1.54, 1.807) is 7.11 Å². The third-order valence-corrected chi connectivity index (χ3v) is 2.28. The number of amides is 1. The quantitative estimate of drug-likeness (QED) is 0.575. The summed E-state index contributed by atoms with van der Waals surface area (Å²) < 4.78 is 4.98. The van der Waals surface area contributed by atoms with Crippen molar-refractivity contribution in [3.8, 4) is 0 Å². The average molecular weight is 200 g/mol. The zero-order valence-corrected chi connectivity index (χ0v) is 9.01.